The van der Waals surface area contributed by atoms with E-state index in [1.54, 1.807) is 0 Å². The van der Waals surface area contributed by atoms with Gasteiger partial charge in [0, 0.05) is 30.1 Å². The van der Waals surface area contributed by atoms with E-state index in [9.17, 15) is 0 Å². The molecule has 102 valence electrons. The molecular formula is C15H26N2S. The Balaban J connectivity index is 1.66. The number of thiophene rings is 1. The molecule has 1 unspecified atom stereocenters. The van der Waals surface area contributed by atoms with Gasteiger partial charge in [-0.1, -0.05) is 19.4 Å². The van der Waals surface area contributed by atoms with Crippen molar-refractivity contribution in [3.8, 4) is 0 Å². The molecule has 2 rings (SSSR count). The number of unbranched alkanes of at least 4 members (excludes halogenated alkanes) is 1. The van der Waals surface area contributed by atoms with E-state index in [0.717, 1.165) is 12.6 Å². The van der Waals surface area contributed by atoms with Crippen LogP contribution in [0.15, 0.2) is 17.5 Å². The Labute approximate surface area is 115 Å². The highest BCUT2D eigenvalue weighted by molar-refractivity contribution is 7.10. The Morgan fingerprint density at radius 1 is 1.44 bits per heavy atom. The van der Waals surface area contributed by atoms with Crippen molar-refractivity contribution >= 4 is 11.3 Å². The van der Waals surface area contributed by atoms with E-state index in [1.807, 2.05) is 11.3 Å². The second-order valence-electron chi connectivity index (χ2n) is 5.31. The van der Waals surface area contributed by atoms with Crippen molar-refractivity contribution in [1.82, 2.24) is 10.2 Å². The molecule has 0 aliphatic heterocycles. The molecule has 1 atom stereocenters. The fourth-order valence-electron chi connectivity index (χ4n) is 2.34. The van der Waals surface area contributed by atoms with Crippen molar-refractivity contribution in [2.24, 2.45) is 0 Å². The molecule has 0 spiro atoms. The molecule has 1 aliphatic carbocycles. The van der Waals surface area contributed by atoms with Crippen LogP contribution in [0.25, 0.3) is 0 Å². The summed E-state index contributed by atoms with van der Waals surface area (Å²) in [5, 5.41) is 5.80. The summed E-state index contributed by atoms with van der Waals surface area (Å²) in [6, 6.07) is 5.75. The van der Waals surface area contributed by atoms with Crippen LogP contribution in [0.4, 0.5) is 0 Å². The van der Waals surface area contributed by atoms with Gasteiger partial charge in [0.1, 0.15) is 0 Å². The first-order valence-electron chi connectivity index (χ1n) is 7.32. The Bertz CT molecular complexity index is 319. The van der Waals surface area contributed by atoms with E-state index < -0.39 is 0 Å². The summed E-state index contributed by atoms with van der Waals surface area (Å²) in [5.41, 5.74) is 0. The molecule has 1 aromatic heterocycles. The first-order valence-corrected chi connectivity index (χ1v) is 8.20. The topological polar surface area (TPSA) is 15.3 Å². The van der Waals surface area contributed by atoms with Crippen LogP contribution in [0, 0.1) is 0 Å². The molecule has 1 heterocycles. The normalized spacial score (nSPS) is 17.3. The quantitative estimate of drug-likeness (QED) is 0.734. The molecule has 1 aliphatic rings. The minimum Gasteiger partial charge on any atom is -0.308 e. The van der Waals surface area contributed by atoms with Crippen LogP contribution in [0.3, 0.4) is 0 Å². The lowest BCUT2D eigenvalue weighted by molar-refractivity contribution is 0.256. The highest BCUT2D eigenvalue weighted by atomic mass is 32.1. The van der Waals surface area contributed by atoms with Crippen LogP contribution in [0.5, 0.6) is 0 Å². The molecule has 1 saturated carbocycles. The van der Waals surface area contributed by atoms with E-state index in [-0.39, 0.29) is 0 Å². The smallest absolute Gasteiger partial charge is 0.0386 e. The molecular weight excluding hydrogens is 240 g/mol. The van der Waals surface area contributed by atoms with Crippen LogP contribution >= 0.6 is 11.3 Å². The average molecular weight is 266 g/mol. The Kier molecular flexibility index (Phi) is 5.67. The zero-order valence-electron chi connectivity index (χ0n) is 11.7. The summed E-state index contributed by atoms with van der Waals surface area (Å²) in [6.07, 6.45) is 5.49. The molecule has 1 aromatic rings. The van der Waals surface area contributed by atoms with E-state index >= 15 is 0 Å². The van der Waals surface area contributed by atoms with E-state index in [2.05, 4.69) is 41.6 Å². The number of nitrogens with one attached hydrogen (secondary N) is 1. The largest absolute Gasteiger partial charge is 0.308 e. The Morgan fingerprint density at radius 2 is 2.28 bits per heavy atom. The minimum absolute atomic E-state index is 0.497. The fourth-order valence-corrected chi connectivity index (χ4v) is 3.10. The lowest BCUT2D eigenvalue weighted by Crippen LogP contribution is -2.35. The van der Waals surface area contributed by atoms with Crippen molar-refractivity contribution in [3.05, 3.63) is 22.4 Å². The fraction of sp³-hybridized carbons (Fsp3) is 0.733. The maximum atomic E-state index is 3.64. The van der Waals surface area contributed by atoms with Gasteiger partial charge in [0.05, 0.1) is 0 Å². The number of rotatable bonds is 9. The molecule has 0 bridgehead atoms. The predicted octanol–water partition coefficient (Wildman–Crippen LogP) is 3.66. The Hall–Kier alpha value is -0.380. The van der Waals surface area contributed by atoms with Gasteiger partial charge >= 0.3 is 0 Å². The van der Waals surface area contributed by atoms with Gasteiger partial charge in [0.2, 0.25) is 0 Å². The van der Waals surface area contributed by atoms with Gasteiger partial charge in [0.25, 0.3) is 0 Å². The van der Waals surface area contributed by atoms with Crippen molar-refractivity contribution in [1.29, 1.82) is 0 Å². The summed E-state index contributed by atoms with van der Waals surface area (Å²) in [6.45, 7) is 8.15. The van der Waals surface area contributed by atoms with E-state index in [0.29, 0.717) is 6.04 Å². The number of hydrogen-bond donors (Lipinski definition) is 1. The van der Waals surface area contributed by atoms with Gasteiger partial charge in [-0.05, 0) is 44.2 Å². The molecule has 0 amide bonds. The minimum atomic E-state index is 0.497. The third-order valence-electron chi connectivity index (χ3n) is 3.68. The first-order chi connectivity index (χ1) is 8.81. The maximum absolute atomic E-state index is 3.64. The number of hydrogen-bond acceptors (Lipinski definition) is 3. The summed E-state index contributed by atoms with van der Waals surface area (Å²) < 4.78 is 0. The zero-order chi connectivity index (χ0) is 12.8. The lowest BCUT2D eigenvalue weighted by Gasteiger charge is -2.23. The Morgan fingerprint density at radius 3 is 2.89 bits per heavy atom. The van der Waals surface area contributed by atoms with Gasteiger partial charge in [-0.3, -0.25) is 4.90 Å². The van der Waals surface area contributed by atoms with Crippen LogP contribution in [-0.4, -0.2) is 30.6 Å². The van der Waals surface area contributed by atoms with Gasteiger partial charge in [-0.15, -0.1) is 11.3 Å². The molecule has 2 nitrogen and oxygen atoms in total. The molecule has 1 N–H and O–H groups in total. The third kappa shape index (κ3) is 4.38. The van der Waals surface area contributed by atoms with Gasteiger partial charge in [-0.2, -0.15) is 0 Å². The van der Waals surface area contributed by atoms with Crippen LogP contribution in [0.2, 0.25) is 0 Å². The van der Waals surface area contributed by atoms with Crippen LogP contribution in [-0.2, 0) is 0 Å². The standard InChI is InChI=1S/C15H26N2S/c1-3-4-10-17(14-7-8-14)11-9-16-13(2)15-6-5-12-18-15/h5-6,12-14,16H,3-4,7-11H2,1-2H3. The molecule has 3 heteroatoms. The lowest BCUT2D eigenvalue weighted by atomic mass is 10.2. The summed E-state index contributed by atoms with van der Waals surface area (Å²) in [7, 11) is 0. The van der Waals surface area contributed by atoms with E-state index in [4.69, 9.17) is 0 Å². The second kappa shape index (κ2) is 7.27. The van der Waals surface area contributed by atoms with Crippen LogP contribution in [0.1, 0.15) is 50.4 Å². The predicted molar refractivity (Wildman–Crippen MR) is 80.2 cm³/mol. The SMILES string of the molecule is CCCCN(CCNC(C)c1cccs1)C1CC1. The average Bonchev–Trinajstić information content (AvgIpc) is 3.07. The zero-order valence-corrected chi connectivity index (χ0v) is 12.5. The molecule has 0 aromatic carbocycles. The first kappa shape index (κ1) is 14.0. The highest BCUT2D eigenvalue weighted by Gasteiger charge is 2.27. The van der Waals surface area contributed by atoms with Crippen molar-refractivity contribution in [3.63, 3.8) is 0 Å². The number of nitrogens with zero attached hydrogens (tertiary/aromatic N) is 1. The summed E-state index contributed by atoms with van der Waals surface area (Å²) in [4.78, 5) is 4.12. The maximum Gasteiger partial charge on any atom is 0.0386 e. The monoisotopic (exact) mass is 266 g/mol. The highest BCUT2D eigenvalue weighted by Crippen LogP contribution is 2.26. The van der Waals surface area contributed by atoms with Crippen molar-refractivity contribution in [2.45, 2.75) is 51.6 Å². The summed E-state index contributed by atoms with van der Waals surface area (Å²) >= 11 is 1.85. The molecule has 1 fully saturated rings. The molecule has 18 heavy (non-hydrogen) atoms. The van der Waals surface area contributed by atoms with Gasteiger partial charge in [0.15, 0.2) is 0 Å². The van der Waals surface area contributed by atoms with Crippen molar-refractivity contribution in [2.75, 3.05) is 19.6 Å². The van der Waals surface area contributed by atoms with Crippen molar-refractivity contribution < 1.29 is 0 Å². The third-order valence-corrected chi connectivity index (χ3v) is 4.74. The van der Waals surface area contributed by atoms with E-state index in [1.165, 1.54) is 43.6 Å². The second-order valence-corrected chi connectivity index (χ2v) is 6.29. The summed E-state index contributed by atoms with van der Waals surface area (Å²) in [5.74, 6) is 0. The van der Waals surface area contributed by atoms with Gasteiger partial charge in [-0.25, -0.2) is 0 Å². The van der Waals surface area contributed by atoms with Crippen LogP contribution < -0.4 is 5.32 Å². The molecule has 0 saturated heterocycles. The molecule has 0 radical (unpaired) electrons. The van der Waals surface area contributed by atoms with Gasteiger partial charge < -0.3 is 5.32 Å².